The first-order valence-electron chi connectivity index (χ1n) is 6.12. The Morgan fingerprint density at radius 1 is 1.28 bits per heavy atom. The summed E-state index contributed by atoms with van der Waals surface area (Å²) >= 11 is 0. The Labute approximate surface area is 108 Å². The molecule has 1 saturated heterocycles. The van der Waals surface area contributed by atoms with Gasteiger partial charge in [-0.3, -0.25) is 19.3 Å². The average molecular weight is 254 g/mol. The van der Waals surface area contributed by atoms with Gasteiger partial charge in [-0.2, -0.15) is 0 Å². The number of likely N-dealkylation sites (tertiary alicyclic amines) is 1. The standard InChI is InChI=1S/C13H22N2O3/c1-12(2,3)8-6-10(17)15(11(8)18)13(4,5)7-9(14)16/h8H,6-7H2,1-5H3,(H2,14,16). The van der Waals surface area contributed by atoms with Gasteiger partial charge in [0.25, 0.3) is 0 Å². The van der Waals surface area contributed by atoms with Crippen LogP contribution in [0.15, 0.2) is 0 Å². The lowest BCUT2D eigenvalue weighted by molar-refractivity contribution is -0.147. The minimum Gasteiger partial charge on any atom is -0.370 e. The Balaban J connectivity index is 3.02. The molecule has 0 radical (unpaired) electrons. The molecular formula is C13H22N2O3. The van der Waals surface area contributed by atoms with Crippen LogP contribution in [0.2, 0.25) is 0 Å². The maximum Gasteiger partial charge on any atom is 0.233 e. The van der Waals surface area contributed by atoms with Crippen molar-refractivity contribution in [1.29, 1.82) is 0 Å². The van der Waals surface area contributed by atoms with Crippen molar-refractivity contribution in [3.63, 3.8) is 0 Å². The largest absolute Gasteiger partial charge is 0.370 e. The van der Waals surface area contributed by atoms with Crippen LogP contribution in [-0.4, -0.2) is 28.2 Å². The number of primary amides is 1. The number of nitrogens with zero attached hydrogens (tertiary/aromatic N) is 1. The number of nitrogens with two attached hydrogens (primary N) is 1. The minimum absolute atomic E-state index is 0.0126. The summed E-state index contributed by atoms with van der Waals surface area (Å²) in [7, 11) is 0. The van der Waals surface area contributed by atoms with E-state index in [1.54, 1.807) is 13.8 Å². The molecular weight excluding hydrogens is 232 g/mol. The zero-order valence-corrected chi connectivity index (χ0v) is 11.7. The summed E-state index contributed by atoms with van der Waals surface area (Å²) in [4.78, 5) is 36.6. The molecule has 0 aromatic heterocycles. The lowest BCUT2D eigenvalue weighted by Crippen LogP contribution is -2.50. The number of amides is 3. The van der Waals surface area contributed by atoms with E-state index in [4.69, 9.17) is 5.73 Å². The molecule has 1 atom stereocenters. The molecule has 102 valence electrons. The molecule has 0 saturated carbocycles. The zero-order chi connectivity index (χ0) is 14.3. The van der Waals surface area contributed by atoms with E-state index in [2.05, 4.69) is 0 Å². The van der Waals surface area contributed by atoms with Crippen molar-refractivity contribution in [3.05, 3.63) is 0 Å². The van der Waals surface area contributed by atoms with E-state index in [1.165, 1.54) is 4.90 Å². The molecule has 1 aliphatic heterocycles. The molecule has 1 aliphatic rings. The van der Waals surface area contributed by atoms with Crippen molar-refractivity contribution < 1.29 is 14.4 Å². The van der Waals surface area contributed by atoms with E-state index in [0.29, 0.717) is 0 Å². The van der Waals surface area contributed by atoms with Crippen LogP contribution in [0.25, 0.3) is 0 Å². The predicted octanol–water partition coefficient (Wildman–Crippen LogP) is 1.06. The van der Waals surface area contributed by atoms with Gasteiger partial charge in [0.15, 0.2) is 0 Å². The molecule has 5 heteroatoms. The minimum atomic E-state index is -0.847. The third kappa shape index (κ3) is 2.71. The number of hydrogen-bond donors (Lipinski definition) is 1. The maximum atomic E-state index is 12.3. The first kappa shape index (κ1) is 14.7. The summed E-state index contributed by atoms with van der Waals surface area (Å²) in [5, 5.41) is 0. The van der Waals surface area contributed by atoms with E-state index < -0.39 is 11.4 Å². The van der Waals surface area contributed by atoms with Gasteiger partial charge in [-0.25, -0.2) is 0 Å². The quantitative estimate of drug-likeness (QED) is 0.765. The van der Waals surface area contributed by atoms with Gasteiger partial charge in [0, 0.05) is 12.8 Å². The molecule has 1 rings (SSSR count). The molecule has 18 heavy (non-hydrogen) atoms. The van der Waals surface area contributed by atoms with Gasteiger partial charge >= 0.3 is 0 Å². The van der Waals surface area contributed by atoms with Gasteiger partial charge < -0.3 is 5.73 Å². The molecule has 5 nitrogen and oxygen atoms in total. The summed E-state index contributed by atoms with van der Waals surface area (Å²) in [5.74, 6) is -1.25. The van der Waals surface area contributed by atoms with Crippen LogP contribution in [0, 0.1) is 11.3 Å². The fourth-order valence-corrected chi connectivity index (χ4v) is 2.45. The summed E-state index contributed by atoms with van der Waals surface area (Å²) in [6.07, 6.45) is 0.200. The first-order chi connectivity index (χ1) is 7.97. The second-order valence-electron chi connectivity index (χ2n) is 6.65. The molecule has 1 unspecified atom stereocenters. The predicted molar refractivity (Wildman–Crippen MR) is 67.3 cm³/mol. The maximum absolute atomic E-state index is 12.3. The molecule has 0 aliphatic carbocycles. The second kappa shape index (κ2) is 4.37. The zero-order valence-electron chi connectivity index (χ0n) is 11.7. The topological polar surface area (TPSA) is 80.5 Å². The summed E-state index contributed by atoms with van der Waals surface area (Å²) in [6, 6.07) is 0. The average Bonchev–Trinajstić information content (AvgIpc) is 2.38. The highest BCUT2D eigenvalue weighted by Gasteiger charge is 2.49. The van der Waals surface area contributed by atoms with Gasteiger partial charge in [0.05, 0.1) is 11.5 Å². The van der Waals surface area contributed by atoms with Gasteiger partial charge in [0.2, 0.25) is 17.7 Å². The van der Waals surface area contributed by atoms with E-state index >= 15 is 0 Å². The number of hydrogen-bond acceptors (Lipinski definition) is 3. The molecule has 1 heterocycles. The first-order valence-corrected chi connectivity index (χ1v) is 6.12. The van der Waals surface area contributed by atoms with Gasteiger partial charge in [-0.15, -0.1) is 0 Å². The fraction of sp³-hybridized carbons (Fsp3) is 0.769. The lowest BCUT2D eigenvalue weighted by atomic mass is 9.79. The van der Waals surface area contributed by atoms with Crippen LogP contribution in [0.4, 0.5) is 0 Å². The number of carbonyl (C=O) groups excluding carboxylic acids is 3. The lowest BCUT2D eigenvalue weighted by Gasteiger charge is -2.34. The van der Waals surface area contributed by atoms with Crippen molar-refractivity contribution in [2.45, 2.75) is 53.0 Å². The monoisotopic (exact) mass is 254 g/mol. The number of rotatable bonds is 3. The van der Waals surface area contributed by atoms with Crippen LogP contribution >= 0.6 is 0 Å². The Hall–Kier alpha value is -1.39. The van der Waals surface area contributed by atoms with Crippen molar-refractivity contribution in [2.75, 3.05) is 0 Å². The van der Waals surface area contributed by atoms with E-state index in [-0.39, 0.29) is 36.0 Å². The number of imide groups is 1. The third-order valence-corrected chi connectivity index (χ3v) is 3.40. The highest BCUT2D eigenvalue weighted by atomic mass is 16.2. The second-order valence-corrected chi connectivity index (χ2v) is 6.65. The van der Waals surface area contributed by atoms with Crippen LogP contribution < -0.4 is 5.73 Å². The van der Waals surface area contributed by atoms with Gasteiger partial charge in [0.1, 0.15) is 0 Å². The van der Waals surface area contributed by atoms with Crippen molar-refractivity contribution in [2.24, 2.45) is 17.1 Å². The smallest absolute Gasteiger partial charge is 0.233 e. The van der Waals surface area contributed by atoms with Crippen LogP contribution in [-0.2, 0) is 14.4 Å². The molecule has 2 N–H and O–H groups in total. The van der Waals surface area contributed by atoms with Crippen molar-refractivity contribution in [3.8, 4) is 0 Å². The van der Waals surface area contributed by atoms with Crippen molar-refractivity contribution in [1.82, 2.24) is 4.90 Å². The Morgan fingerprint density at radius 3 is 2.11 bits per heavy atom. The SMILES string of the molecule is CC(C)(C)C1CC(=O)N(C(C)(C)CC(N)=O)C1=O. The van der Waals surface area contributed by atoms with E-state index in [9.17, 15) is 14.4 Å². The highest BCUT2D eigenvalue weighted by Crippen LogP contribution is 2.38. The summed E-state index contributed by atoms with van der Waals surface area (Å²) < 4.78 is 0. The normalized spacial score (nSPS) is 21.6. The molecule has 0 aromatic rings. The van der Waals surface area contributed by atoms with Crippen LogP contribution in [0.3, 0.4) is 0 Å². The van der Waals surface area contributed by atoms with Crippen LogP contribution in [0.1, 0.15) is 47.5 Å². The molecule has 1 fully saturated rings. The third-order valence-electron chi connectivity index (χ3n) is 3.40. The number of carbonyl (C=O) groups is 3. The summed E-state index contributed by atoms with van der Waals surface area (Å²) in [6.45, 7) is 9.20. The summed E-state index contributed by atoms with van der Waals surface area (Å²) in [5.41, 5.74) is 4.06. The highest BCUT2D eigenvalue weighted by molar-refractivity contribution is 6.05. The van der Waals surface area contributed by atoms with E-state index in [1.807, 2.05) is 20.8 Å². The Kier molecular flexibility index (Phi) is 3.56. The molecule has 0 aromatic carbocycles. The van der Waals surface area contributed by atoms with Crippen molar-refractivity contribution >= 4 is 17.7 Å². The fourth-order valence-electron chi connectivity index (χ4n) is 2.45. The van der Waals surface area contributed by atoms with E-state index in [0.717, 1.165) is 0 Å². The van der Waals surface area contributed by atoms with Gasteiger partial charge in [-0.1, -0.05) is 20.8 Å². The Bertz CT molecular complexity index is 394. The van der Waals surface area contributed by atoms with Crippen LogP contribution in [0.5, 0.6) is 0 Å². The molecule has 0 spiro atoms. The van der Waals surface area contributed by atoms with Gasteiger partial charge in [-0.05, 0) is 19.3 Å². The molecule has 0 bridgehead atoms. The molecule has 3 amide bonds. The Morgan fingerprint density at radius 2 is 1.78 bits per heavy atom.